The molecule has 1 saturated heterocycles. The van der Waals surface area contributed by atoms with Gasteiger partial charge in [-0.3, -0.25) is 9.59 Å². The highest BCUT2D eigenvalue weighted by Gasteiger charge is 2.40. The summed E-state index contributed by atoms with van der Waals surface area (Å²) in [5, 5.41) is 2.15. The third-order valence-electron chi connectivity index (χ3n) is 4.45. The van der Waals surface area contributed by atoms with Crippen molar-refractivity contribution in [3.05, 3.63) is 22.4 Å². The van der Waals surface area contributed by atoms with Gasteiger partial charge in [-0.05, 0) is 45.1 Å². The molecule has 2 heterocycles. The van der Waals surface area contributed by atoms with E-state index in [1.807, 2.05) is 22.8 Å². The van der Waals surface area contributed by atoms with E-state index in [0.29, 0.717) is 13.1 Å². The highest BCUT2D eigenvalue weighted by atomic mass is 32.2. The Bertz CT molecular complexity index is 569. The first-order valence-electron chi connectivity index (χ1n) is 8.29. The Labute approximate surface area is 146 Å². The molecule has 2 amide bonds. The van der Waals surface area contributed by atoms with Crippen LogP contribution in [0, 0.1) is 5.92 Å². The van der Waals surface area contributed by atoms with E-state index >= 15 is 0 Å². The number of amides is 2. The van der Waals surface area contributed by atoms with Crippen LogP contribution in [-0.2, 0) is 9.59 Å². The van der Waals surface area contributed by atoms with Crippen LogP contribution in [0.1, 0.15) is 43.9 Å². The van der Waals surface area contributed by atoms with Crippen LogP contribution in [0.2, 0.25) is 0 Å². The van der Waals surface area contributed by atoms with Crippen LogP contribution in [0.5, 0.6) is 0 Å². The van der Waals surface area contributed by atoms with Crippen LogP contribution in [0.4, 0.5) is 0 Å². The molecule has 1 aliphatic heterocycles. The van der Waals surface area contributed by atoms with Crippen LogP contribution in [0.25, 0.3) is 0 Å². The maximum atomic E-state index is 12.5. The maximum Gasteiger partial charge on any atom is 0.236 e. The number of hydrogen-bond acceptors (Lipinski definition) is 4. The number of carbonyl (C=O) groups excluding carboxylic acids is 2. The van der Waals surface area contributed by atoms with Crippen LogP contribution in [-0.4, -0.2) is 46.0 Å². The van der Waals surface area contributed by atoms with Gasteiger partial charge in [-0.25, -0.2) is 0 Å². The summed E-state index contributed by atoms with van der Waals surface area (Å²) < 4.78 is 0. The molecule has 0 unspecified atom stereocenters. The Kier molecular flexibility index (Phi) is 5.01. The molecule has 4 nitrogen and oxygen atoms in total. The number of rotatable bonds is 6. The smallest absolute Gasteiger partial charge is 0.236 e. The van der Waals surface area contributed by atoms with Crippen molar-refractivity contribution in [1.82, 2.24) is 9.80 Å². The third kappa shape index (κ3) is 3.58. The highest BCUT2D eigenvalue weighted by molar-refractivity contribution is 8.01. The number of carbonyl (C=O) groups is 2. The van der Waals surface area contributed by atoms with Gasteiger partial charge in [0, 0.05) is 29.9 Å². The van der Waals surface area contributed by atoms with Gasteiger partial charge >= 0.3 is 0 Å². The third-order valence-corrected chi connectivity index (χ3v) is 6.90. The fourth-order valence-corrected chi connectivity index (χ4v) is 5.21. The SMILES string of the molecule is CC(C)N(CCN1C(=O)[C@H](C)S[C@@H]1c1cccs1)C(=O)C1CC1. The van der Waals surface area contributed by atoms with E-state index in [-0.39, 0.29) is 34.4 Å². The summed E-state index contributed by atoms with van der Waals surface area (Å²) >= 11 is 3.40. The van der Waals surface area contributed by atoms with Crippen molar-refractivity contribution >= 4 is 34.9 Å². The van der Waals surface area contributed by atoms with Gasteiger partial charge in [0.25, 0.3) is 0 Å². The summed E-state index contributed by atoms with van der Waals surface area (Å²) in [6, 6.07) is 4.31. The van der Waals surface area contributed by atoms with E-state index in [2.05, 4.69) is 25.3 Å². The molecule has 2 fully saturated rings. The summed E-state index contributed by atoms with van der Waals surface area (Å²) in [4.78, 5) is 30.1. The van der Waals surface area contributed by atoms with Crippen molar-refractivity contribution in [3.8, 4) is 0 Å². The molecular formula is C17H24N2O2S2. The lowest BCUT2D eigenvalue weighted by Gasteiger charge is -2.31. The van der Waals surface area contributed by atoms with Gasteiger partial charge in [-0.2, -0.15) is 0 Å². The van der Waals surface area contributed by atoms with Crippen molar-refractivity contribution in [2.45, 2.75) is 50.3 Å². The molecular weight excluding hydrogens is 328 g/mol. The Morgan fingerprint density at radius 2 is 2.17 bits per heavy atom. The zero-order valence-electron chi connectivity index (χ0n) is 13.9. The van der Waals surface area contributed by atoms with Gasteiger partial charge in [-0.1, -0.05) is 6.07 Å². The average molecular weight is 353 g/mol. The molecule has 1 saturated carbocycles. The summed E-state index contributed by atoms with van der Waals surface area (Å²) in [6.45, 7) is 7.34. The maximum absolute atomic E-state index is 12.5. The molecule has 2 atom stereocenters. The normalized spacial score (nSPS) is 24.5. The lowest BCUT2D eigenvalue weighted by atomic mass is 10.2. The summed E-state index contributed by atoms with van der Waals surface area (Å²) in [7, 11) is 0. The predicted molar refractivity (Wildman–Crippen MR) is 95.4 cm³/mol. The van der Waals surface area contributed by atoms with Crippen LogP contribution < -0.4 is 0 Å². The Morgan fingerprint density at radius 3 is 2.74 bits per heavy atom. The van der Waals surface area contributed by atoms with Crippen molar-refractivity contribution in [2.24, 2.45) is 5.92 Å². The predicted octanol–water partition coefficient (Wildman–Crippen LogP) is 3.36. The Balaban J connectivity index is 1.68. The molecule has 0 N–H and O–H groups in total. The monoisotopic (exact) mass is 352 g/mol. The fourth-order valence-electron chi connectivity index (χ4n) is 2.96. The largest absolute Gasteiger partial charge is 0.338 e. The van der Waals surface area contributed by atoms with Gasteiger partial charge < -0.3 is 9.80 Å². The lowest BCUT2D eigenvalue weighted by molar-refractivity contribution is -0.136. The highest BCUT2D eigenvalue weighted by Crippen LogP contribution is 2.44. The minimum atomic E-state index is -0.00580. The van der Waals surface area contributed by atoms with E-state index in [4.69, 9.17) is 0 Å². The zero-order valence-corrected chi connectivity index (χ0v) is 15.5. The number of thioether (sulfide) groups is 1. The molecule has 3 rings (SSSR count). The van der Waals surface area contributed by atoms with Gasteiger partial charge in [0.15, 0.2) is 0 Å². The van der Waals surface area contributed by atoms with Crippen molar-refractivity contribution in [1.29, 1.82) is 0 Å². The summed E-state index contributed by atoms with van der Waals surface area (Å²) in [5.74, 6) is 0.684. The quantitative estimate of drug-likeness (QED) is 0.788. The fraction of sp³-hybridized carbons (Fsp3) is 0.647. The molecule has 126 valence electrons. The standard InChI is InChI=1S/C17H24N2O2S2/c1-11(2)18(16(21)13-6-7-13)8-9-19-15(20)12(3)23-17(19)14-5-4-10-22-14/h4-5,10-13,17H,6-9H2,1-3H3/t12-,17+/m0/s1. The molecule has 0 spiro atoms. The molecule has 0 aromatic carbocycles. The second-order valence-corrected chi connectivity index (χ2v) is 8.98. The number of thiophene rings is 1. The molecule has 0 radical (unpaired) electrons. The van der Waals surface area contributed by atoms with Crippen molar-refractivity contribution in [3.63, 3.8) is 0 Å². The van der Waals surface area contributed by atoms with E-state index in [0.717, 1.165) is 12.8 Å². The molecule has 1 aromatic rings. The number of hydrogen-bond donors (Lipinski definition) is 0. The van der Waals surface area contributed by atoms with Gasteiger partial charge in [0.05, 0.1) is 5.25 Å². The lowest BCUT2D eigenvalue weighted by Crippen LogP contribution is -2.44. The van der Waals surface area contributed by atoms with Gasteiger partial charge in [0.1, 0.15) is 5.37 Å². The Hall–Kier alpha value is -1.01. The molecule has 2 aliphatic rings. The van der Waals surface area contributed by atoms with Crippen LogP contribution in [0.15, 0.2) is 17.5 Å². The molecule has 1 aliphatic carbocycles. The summed E-state index contributed by atoms with van der Waals surface area (Å²) in [6.07, 6.45) is 2.05. The van der Waals surface area contributed by atoms with Crippen molar-refractivity contribution < 1.29 is 9.59 Å². The summed E-state index contributed by atoms with van der Waals surface area (Å²) in [5.41, 5.74) is 0. The van der Waals surface area contributed by atoms with E-state index in [1.54, 1.807) is 23.1 Å². The second kappa shape index (κ2) is 6.85. The average Bonchev–Trinajstić information content (AvgIpc) is 3.15. The van der Waals surface area contributed by atoms with Gasteiger partial charge in [-0.15, -0.1) is 23.1 Å². The first-order chi connectivity index (χ1) is 11.0. The van der Waals surface area contributed by atoms with Gasteiger partial charge in [0.2, 0.25) is 11.8 Å². The minimum Gasteiger partial charge on any atom is -0.338 e. The van der Waals surface area contributed by atoms with E-state index < -0.39 is 0 Å². The Morgan fingerprint density at radius 1 is 1.43 bits per heavy atom. The first kappa shape index (κ1) is 16.8. The topological polar surface area (TPSA) is 40.6 Å². The minimum absolute atomic E-state index is 0.00580. The zero-order chi connectivity index (χ0) is 16.6. The molecule has 23 heavy (non-hydrogen) atoms. The van der Waals surface area contributed by atoms with E-state index in [1.165, 1.54) is 4.88 Å². The first-order valence-corrected chi connectivity index (χ1v) is 10.1. The van der Waals surface area contributed by atoms with E-state index in [9.17, 15) is 9.59 Å². The second-order valence-electron chi connectivity index (χ2n) is 6.58. The molecule has 0 bridgehead atoms. The van der Waals surface area contributed by atoms with Crippen LogP contribution >= 0.6 is 23.1 Å². The molecule has 6 heteroatoms. The molecule has 1 aromatic heterocycles. The van der Waals surface area contributed by atoms with Crippen LogP contribution in [0.3, 0.4) is 0 Å². The number of nitrogens with zero attached hydrogens (tertiary/aromatic N) is 2. The van der Waals surface area contributed by atoms with Crippen molar-refractivity contribution in [2.75, 3.05) is 13.1 Å².